The second kappa shape index (κ2) is 10.1. The molecule has 0 saturated carbocycles. The van der Waals surface area contributed by atoms with Gasteiger partial charge in [-0.15, -0.1) is 0 Å². The van der Waals surface area contributed by atoms with Crippen molar-refractivity contribution < 1.29 is 0 Å². The summed E-state index contributed by atoms with van der Waals surface area (Å²) in [7, 11) is 0. The summed E-state index contributed by atoms with van der Waals surface area (Å²) < 4.78 is 0. The molecular weight excluding hydrogens is 382 g/mol. The lowest BCUT2D eigenvalue weighted by Crippen LogP contribution is -2.43. The molecule has 154 valence electrons. The van der Waals surface area contributed by atoms with Gasteiger partial charge >= 0.3 is 0 Å². The van der Waals surface area contributed by atoms with Gasteiger partial charge in [0.05, 0.1) is 16.3 Å². The number of thiazole rings is 1. The average molecular weight is 412 g/mol. The summed E-state index contributed by atoms with van der Waals surface area (Å²) in [5.41, 5.74) is 9.93. The molecule has 3 rings (SSSR count). The monoisotopic (exact) mass is 411 g/mol. The van der Waals surface area contributed by atoms with Gasteiger partial charge in [0.15, 0.2) is 5.13 Å². The molecule has 0 unspecified atom stereocenters. The van der Waals surface area contributed by atoms with Crippen LogP contribution in [0.15, 0.2) is 47.7 Å². The number of nitrogens with zero attached hydrogens (tertiary/aromatic N) is 3. The van der Waals surface area contributed by atoms with Crippen LogP contribution in [-0.4, -0.2) is 43.9 Å². The maximum Gasteiger partial charge on any atom is 0.183 e. The Morgan fingerprint density at radius 2 is 2.07 bits per heavy atom. The molecule has 0 amide bonds. The Kier molecular flexibility index (Phi) is 7.26. The van der Waals surface area contributed by atoms with E-state index < -0.39 is 0 Å². The summed E-state index contributed by atoms with van der Waals surface area (Å²) in [6.45, 7) is 12.9. The van der Waals surface area contributed by atoms with Gasteiger partial charge < -0.3 is 26.6 Å². The zero-order chi connectivity index (χ0) is 20.6. The summed E-state index contributed by atoms with van der Waals surface area (Å²) in [6, 6.07) is 8.34. The smallest absolute Gasteiger partial charge is 0.183 e. The van der Waals surface area contributed by atoms with Crippen LogP contribution in [0, 0.1) is 6.92 Å². The first kappa shape index (κ1) is 20.9. The van der Waals surface area contributed by atoms with Crippen LogP contribution in [-0.2, 0) is 0 Å². The molecule has 0 aliphatic carbocycles. The SMILES string of the molecule is C=C(N=C/C=C(\N)c1sc(NCC)nc1C)Nc1ccc(N2CCNCC2)cc1. The molecule has 0 spiro atoms. The summed E-state index contributed by atoms with van der Waals surface area (Å²) >= 11 is 1.54. The molecular formula is C21H29N7S. The molecule has 2 aromatic rings. The van der Waals surface area contributed by atoms with E-state index in [-0.39, 0.29) is 0 Å². The Morgan fingerprint density at radius 3 is 2.76 bits per heavy atom. The van der Waals surface area contributed by atoms with Crippen molar-refractivity contribution in [1.82, 2.24) is 10.3 Å². The van der Waals surface area contributed by atoms with Gasteiger partial charge in [-0.2, -0.15) is 0 Å². The highest BCUT2D eigenvalue weighted by Gasteiger charge is 2.10. The predicted octanol–water partition coefficient (Wildman–Crippen LogP) is 3.25. The van der Waals surface area contributed by atoms with E-state index in [4.69, 9.17) is 5.73 Å². The third-order valence-corrected chi connectivity index (χ3v) is 5.67. The second-order valence-electron chi connectivity index (χ2n) is 6.72. The van der Waals surface area contributed by atoms with Crippen molar-refractivity contribution in [2.24, 2.45) is 10.7 Å². The number of benzene rings is 1. The third kappa shape index (κ3) is 5.82. The summed E-state index contributed by atoms with van der Waals surface area (Å²) in [4.78, 5) is 12.1. The van der Waals surface area contributed by atoms with E-state index >= 15 is 0 Å². The lowest BCUT2D eigenvalue weighted by molar-refractivity contribution is 0.589. The number of nitrogens with two attached hydrogens (primary N) is 1. The number of allylic oxidation sites excluding steroid dienone is 1. The van der Waals surface area contributed by atoms with Gasteiger partial charge in [-0.05, 0) is 44.2 Å². The highest BCUT2D eigenvalue weighted by Crippen LogP contribution is 2.26. The van der Waals surface area contributed by atoms with Gasteiger partial charge in [-0.25, -0.2) is 9.98 Å². The van der Waals surface area contributed by atoms with E-state index in [2.05, 4.69) is 49.5 Å². The number of piperazine rings is 1. The van der Waals surface area contributed by atoms with Crippen molar-refractivity contribution in [1.29, 1.82) is 0 Å². The van der Waals surface area contributed by atoms with Gasteiger partial charge in [0, 0.05) is 50.3 Å². The van der Waals surface area contributed by atoms with Gasteiger partial charge in [0.2, 0.25) is 0 Å². The summed E-state index contributed by atoms with van der Waals surface area (Å²) in [6.07, 6.45) is 3.43. The van der Waals surface area contributed by atoms with Gasteiger partial charge in [-0.1, -0.05) is 17.9 Å². The van der Waals surface area contributed by atoms with E-state index in [1.807, 2.05) is 26.0 Å². The van der Waals surface area contributed by atoms with E-state index in [9.17, 15) is 0 Å². The molecule has 0 bridgehead atoms. The van der Waals surface area contributed by atoms with Crippen LogP contribution in [0.2, 0.25) is 0 Å². The van der Waals surface area contributed by atoms with Crippen LogP contribution in [0.3, 0.4) is 0 Å². The van der Waals surface area contributed by atoms with Crippen LogP contribution in [0.5, 0.6) is 0 Å². The van der Waals surface area contributed by atoms with Crippen molar-refractivity contribution in [3.05, 3.63) is 53.3 Å². The maximum atomic E-state index is 6.18. The number of hydrogen-bond acceptors (Lipinski definition) is 8. The lowest BCUT2D eigenvalue weighted by atomic mass is 10.2. The third-order valence-electron chi connectivity index (χ3n) is 4.51. The van der Waals surface area contributed by atoms with Crippen LogP contribution >= 0.6 is 11.3 Å². The molecule has 2 heterocycles. The highest BCUT2D eigenvalue weighted by molar-refractivity contribution is 7.16. The largest absolute Gasteiger partial charge is 0.397 e. The van der Waals surface area contributed by atoms with Crippen molar-refractivity contribution in [2.45, 2.75) is 13.8 Å². The fourth-order valence-electron chi connectivity index (χ4n) is 3.05. The van der Waals surface area contributed by atoms with Crippen LogP contribution in [0.25, 0.3) is 5.70 Å². The molecule has 5 N–H and O–H groups in total. The Labute approximate surface area is 176 Å². The zero-order valence-electron chi connectivity index (χ0n) is 17.0. The molecule has 1 aliphatic heterocycles. The molecule has 7 nitrogen and oxygen atoms in total. The number of aryl methyl sites for hydroxylation is 1. The van der Waals surface area contributed by atoms with Crippen molar-refractivity contribution in [2.75, 3.05) is 48.3 Å². The maximum absolute atomic E-state index is 6.18. The van der Waals surface area contributed by atoms with Gasteiger partial charge in [0.25, 0.3) is 0 Å². The average Bonchev–Trinajstić information content (AvgIpc) is 3.10. The Balaban J connectivity index is 1.55. The standard InChI is InChI=1S/C21H29N7S/c1-4-24-21-26-15(2)20(29-21)19(22)9-10-25-16(3)27-17-5-7-18(8-6-17)28-13-11-23-12-14-28/h5-10,23,27H,3-4,11-14,22H2,1-2H3,(H,24,26)/b19-9-,25-10?. The minimum atomic E-state index is 0.554. The molecule has 1 aliphatic rings. The molecule has 0 radical (unpaired) electrons. The first-order valence-electron chi connectivity index (χ1n) is 9.80. The number of rotatable bonds is 8. The van der Waals surface area contributed by atoms with Gasteiger partial charge in [-0.3, -0.25) is 0 Å². The topological polar surface area (TPSA) is 90.6 Å². The Hall–Kier alpha value is -2.84. The first-order valence-corrected chi connectivity index (χ1v) is 10.6. The molecule has 29 heavy (non-hydrogen) atoms. The Morgan fingerprint density at radius 1 is 1.34 bits per heavy atom. The van der Waals surface area contributed by atoms with E-state index in [1.54, 1.807) is 23.6 Å². The quantitative estimate of drug-likeness (QED) is 0.499. The Bertz CT molecular complexity index is 877. The minimum absolute atomic E-state index is 0.554. The highest BCUT2D eigenvalue weighted by atomic mass is 32.1. The van der Waals surface area contributed by atoms with Crippen molar-refractivity contribution in [3.63, 3.8) is 0 Å². The van der Waals surface area contributed by atoms with Crippen LogP contribution in [0.4, 0.5) is 16.5 Å². The van der Waals surface area contributed by atoms with E-state index in [0.29, 0.717) is 11.5 Å². The van der Waals surface area contributed by atoms with Crippen LogP contribution < -0.4 is 26.6 Å². The van der Waals surface area contributed by atoms with Crippen molar-refractivity contribution >= 4 is 39.8 Å². The van der Waals surface area contributed by atoms with Crippen LogP contribution in [0.1, 0.15) is 17.5 Å². The molecule has 1 saturated heterocycles. The molecule has 0 atom stereocenters. The number of nitrogens with one attached hydrogen (secondary N) is 3. The molecule has 1 aromatic carbocycles. The number of aliphatic imine (C=N–C) groups is 1. The zero-order valence-corrected chi connectivity index (χ0v) is 17.9. The molecule has 8 heteroatoms. The van der Waals surface area contributed by atoms with Crippen molar-refractivity contribution in [3.8, 4) is 0 Å². The lowest BCUT2D eigenvalue weighted by Gasteiger charge is -2.29. The fourth-order valence-corrected chi connectivity index (χ4v) is 4.02. The molecule has 1 fully saturated rings. The normalized spacial score (nSPS) is 15.0. The van der Waals surface area contributed by atoms with E-state index in [1.165, 1.54) is 5.69 Å². The number of hydrogen-bond donors (Lipinski definition) is 4. The minimum Gasteiger partial charge on any atom is -0.397 e. The summed E-state index contributed by atoms with van der Waals surface area (Å²) in [5, 5.41) is 10.7. The van der Waals surface area contributed by atoms with E-state index in [0.717, 1.165) is 54.1 Å². The van der Waals surface area contributed by atoms with Gasteiger partial charge in [0.1, 0.15) is 5.82 Å². The number of aromatic nitrogens is 1. The number of anilines is 3. The predicted molar refractivity (Wildman–Crippen MR) is 126 cm³/mol. The molecule has 1 aromatic heterocycles. The fraction of sp³-hybridized carbons (Fsp3) is 0.333. The second-order valence-corrected chi connectivity index (χ2v) is 7.72. The summed E-state index contributed by atoms with van der Waals surface area (Å²) in [5.74, 6) is 0.554. The first-order chi connectivity index (χ1) is 14.1.